The summed E-state index contributed by atoms with van der Waals surface area (Å²) in [6.07, 6.45) is 1.41. The van der Waals surface area contributed by atoms with E-state index < -0.39 is 12.1 Å². The van der Waals surface area contributed by atoms with Crippen LogP contribution in [0.3, 0.4) is 0 Å². The van der Waals surface area contributed by atoms with Crippen LogP contribution in [0.2, 0.25) is 0 Å². The maximum absolute atomic E-state index is 11.9. The lowest BCUT2D eigenvalue weighted by molar-refractivity contribution is 0.111. The van der Waals surface area contributed by atoms with Crippen molar-refractivity contribution in [3.05, 3.63) is 41.1 Å². The molecule has 0 spiro atoms. The number of hydrogen-bond acceptors (Lipinski definition) is 3. The maximum atomic E-state index is 11.9. The number of ether oxygens (including phenoxy) is 1. The Bertz CT molecular complexity index is 543. The fourth-order valence-corrected chi connectivity index (χ4v) is 2.10. The first-order valence-electron chi connectivity index (χ1n) is 5.82. The Hall–Kier alpha value is -2.28. The third kappa shape index (κ3) is 1.95. The second kappa shape index (κ2) is 4.92. The Kier molecular flexibility index (Phi) is 3.33. The van der Waals surface area contributed by atoms with Gasteiger partial charge in [0.15, 0.2) is 6.04 Å². The molecular formula is C14H14N2O2. The van der Waals surface area contributed by atoms with Crippen LogP contribution in [0.15, 0.2) is 30.0 Å². The van der Waals surface area contributed by atoms with Gasteiger partial charge < -0.3 is 4.74 Å². The summed E-state index contributed by atoms with van der Waals surface area (Å²) in [6.45, 7) is 3.84. The minimum absolute atomic E-state index is 0.294. The van der Waals surface area contributed by atoms with Crippen LogP contribution in [0.4, 0.5) is 4.79 Å². The van der Waals surface area contributed by atoms with Crippen molar-refractivity contribution in [1.82, 2.24) is 4.90 Å². The second-order valence-corrected chi connectivity index (χ2v) is 4.02. The average Bonchev–Trinajstić information content (AvgIpc) is 2.37. The van der Waals surface area contributed by atoms with Crippen molar-refractivity contribution in [3.8, 4) is 6.07 Å². The number of carbonyl (C=O) groups excluding carboxylic acids is 1. The van der Waals surface area contributed by atoms with Crippen molar-refractivity contribution < 1.29 is 9.53 Å². The molecule has 1 aliphatic rings. The van der Waals surface area contributed by atoms with Crippen molar-refractivity contribution in [2.24, 2.45) is 0 Å². The highest BCUT2D eigenvalue weighted by Gasteiger charge is 2.32. The maximum Gasteiger partial charge on any atom is 0.415 e. The molecule has 1 aliphatic heterocycles. The predicted octanol–water partition coefficient (Wildman–Crippen LogP) is 3.08. The van der Waals surface area contributed by atoms with E-state index in [0.717, 1.165) is 16.8 Å². The standard InChI is InChI=1S/C14H14N2O2/c1-3-18-14(17)16-10(2)8-11-6-4-5-7-12(11)13(16)9-15/h4-8,13H,3H2,1-2H3. The van der Waals surface area contributed by atoms with E-state index in [-0.39, 0.29) is 0 Å². The lowest BCUT2D eigenvalue weighted by Gasteiger charge is -2.31. The van der Waals surface area contributed by atoms with Crippen molar-refractivity contribution >= 4 is 12.2 Å². The number of nitriles is 1. The van der Waals surface area contributed by atoms with Crippen LogP contribution >= 0.6 is 0 Å². The van der Waals surface area contributed by atoms with Gasteiger partial charge in [-0.3, -0.25) is 4.90 Å². The molecule has 0 fully saturated rings. The third-order valence-electron chi connectivity index (χ3n) is 2.88. The molecule has 1 amide bonds. The zero-order valence-electron chi connectivity index (χ0n) is 10.4. The van der Waals surface area contributed by atoms with E-state index in [1.165, 1.54) is 4.90 Å². The normalized spacial score (nSPS) is 17.5. The zero-order chi connectivity index (χ0) is 13.1. The zero-order valence-corrected chi connectivity index (χ0v) is 10.4. The molecule has 1 unspecified atom stereocenters. The fourth-order valence-electron chi connectivity index (χ4n) is 2.10. The number of amides is 1. The van der Waals surface area contributed by atoms with Crippen LogP contribution in [0.1, 0.15) is 31.0 Å². The van der Waals surface area contributed by atoms with Gasteiger partial charge in [0.1, 0.15) is 0 Å². The highest BCUT2D eigenvalue weighted by Crippen LogP contribution is 2.33. The van der Waals surface area contributed by atoms with Gasteiger partial charge in [-0.1, -0.05) is 24.3 Å². The topological polar surface area (TPSA) is 53.3 Å². The van der Waals surface area contributed by atoms with Crippen LogP contribution in [-0.4, -0.2) is 17.6 Å². The largest absolute Gasteiger partial charge is 0.449 e. The molecule has 2 rings (SSSR count). The Labute approximate surface area is 106 Å². The summed E-state index contributed by atoms with van der Waals surface area (Å²) in [5, 5.41) is 9.32. The molecule has 4 nitrogen and oxygen atoms in total. The molecule has 4 heteroatoms. The molecule has 0 saturated carbocycles. The number of benzene rings is 1. The molecule has 0 radical (unpaired) electrons. The Morgan fingerprint density at radius 3 is 2.89 bits per heavy atom. The fraction of sp³-hybridized carbons (Fsp3) is 0.286. The van der Waals surface area contributed by atoms with E-state index >= 15 is 0 Å². The summed E-state index contributed by atoms with van der Waals surface area (Å²) in [5.74, 6) is 0. The Morgan fingerprint density at radius 1 is 1.50 bits per heavy atom. The van der Waals surface area contributed by atoms with Gasteiger partial charge in [0, 0.05) is 5.70 Å². The van der Waals surface area contributed by atoms with Gasteiger partial charge in [-0.15, -0.1) is 0 Å². The highest BCUT2D eigenvalue weighted by molar-refractivity contribution is 5.76. The van der Waals surface area contributed by atoms with Gasteiger partial charge in [-0.2, -0.15) is 5.26 Å². The summed E-state index contributed by atoms with van der Waals surface area (Å²) in [7, 11) is 0. The molecular weight excluding hydrogens is 228 g/mol. The second-order valence-electron chi connectivity index (χ2n) is 4.02. The number of carbonyl (C=O) groups is 1. The first kappa shape index (κ1) is 12.2. The molecule has 1 aromatic carbocycles. The summed E-state index contributed by atoms with van der Waals surface area (Å²) in [4.78, 5) is 13.3. The van der Waals surface area contributed by atoms with E-state index in [9.17, 15) is 10.1 Å². The van der Waals surface area contributed by atoms with Crippen LogP contribution in [0.25, 0.3) is 6.08 Å². The van der Waals surface area contributed by atoms with Crippen molar-refractivity contribution in [1.29, 1.82) is 5.26 Å². The summed E-state index contributed by atoms with van der Waals surface area (Å²) >= 11 is 0. The van der Waals surface area contributed by atoms with Crippen LogP contribution < -0.4 is 0 Å². The van der Waals surface area contributed by atoms with Gasteiger partial charge >= 0.3 is 6.09 Å². The van der Waals surface area contributed by atoms with E-state index in [1.807, 2.05) is 30.3 Å². The molecule has 92 valence electrons. The smallest absolute Gasteiger partial charge is 0.415 e. The summed E-state index contributed by atoms with van der Waals surface area (Å²) < 4.78 is 4.99. The molecule has 0 aliphatic carbocycles. The van der Waals surface area contributed by atoms with Gasteiger partial charge in [-0.05, 0) is 31.1 Å². The van der Waals surface area contributed by atoms with Gasteiger partial charge in [0.2, 0.25) is 0 Å². The molecule has 1 heterocycles. The highest BCUT2D eigenvalue weighted by atomic mass is 16.6. The van der Waals surface area contributed by atoms with Crippen molar-refractivity contribution in [2.75, 3.05) is 6.61 Å². The van der Waals surface area contributed by atoms with Gasteiger partial charge in [0.25, 0.3) is 0 Å². The number of rotatable bonds is 1. The molecule has 0 bridgehead atoms. The SMILES string of the molecule is CCOC(=O)N1C(C)=Cc2ccccc2C1C#N. The van der Waals surface area contributed by atoms with E-state index in [0.29, 0.717) is 6.61 Å². The summed E-state index contributed by atoms with van der Waals surface area (Å²) in [6, 6.07) is 9.12. The molecule has 0 saturated heterocycles. The molecule has 0 aromatic heterocycles. The first-order valence-corrected chi connectivity index (χ1v) is 5.82. The minimum Gasteiger partial charge on any atom is -0.449 e. The first-order chi connectivity index (χ1) is 8.69. The third-order valence-corrected chi connectivity index (χ3v) is 2.88. The number of nitrogens with zero attached hydrogens (tertiary/aromatic N) is 2. The van der Waals surface area contributed by atoms with E-state index in [1.54, 1.807) is 13.8 Å². The number of allylic oxidation sites excluding steroid dienone is 1. The Morgan fingerprint density at radius 2 is 2.22 bits per heavy atom. The van der Waals surface area contributed by atoms with Crippen molar-refractivity contribution in [2.45, 2.75) is 19.9 Å². The Balaban J connectivity index is 2.46. The number of fused-ring (bicyclic) bond motifs is 1. The van der Waals surface area contributed by atoms with Crippen molar-refractivity contribution in [3.63, 3.8) is 0 Å². The predicted molar refractivity (Wildman–Crippen MR) is 67.3 cm³/mol. The van der Waals surface area contributed by atoms with Crippen LogP contribution in [0, 0.1) is 11.3 Å². The number of hydrogen-bond donors (Lipinski definition) is 0. The van der Waals surface area contributed by atoms with E-state index in [4.69, 9.17) is 4.74 Å². The lowest BCUT2D eigenvalue weighted by atomic mass is 9.95. The van der Waals surface area contributed by atoms with E-state index in [2.05, 4.69) is 6.07 Å². The molecule has 1 aromatic rings. The minimum atomic E-state index is -0.620. The van der Waals surface area contributed by atoms with Crippen LogP contribution in [0.5, 0.6) is 0 Å². The quantitative estimate of drug-likeness (QED) is 0.760. The van der Waals surface area contributed by atoms with Gasteiger partial charge in [-0.25, -0.2) is 4.79 Å². The monoisotopic (exact) mass is 242 g/mol. The molecule has 0 N–H and O–H groups in total. The summed E-state index contributed by atoms with van der Waals surface area (Å²) in [5.41, 5.74) is 2.53. The molecule has 18 heavy (non-hydrogen) atoms. The molecule has 1 atom stereocenters. The van der Waals surface area contributed by atoms with Crippen LogP contribution in [-0.2, 0) is 4.74 Å². The lowest BCUT2D eigenvalue weighted by Crippen LogP contribution is -2.35. The average molecular weight is 242 g/mol. The van der Waals surface area contributed by atoms with Gasteiger partial charge in [0.05, 0.1) is 12.7 Å².